The predicted octanol–water partition coefficient (Wildman–Crippen LogP) is 2.70. The predicted molar refractivity (Wildman–Crippen MR) is 95.3 cm³/mol. The number of hydrogen-bond acceptors (Lipinski definition) is 4. The fourth-order valence-corrected chi connectivity index (χ4v) is 4.30. The summed E-state index contributed by atoms with van der Waals surface area (Å²) in [5, 5.41) is 3.95. The molecule has 0 aliphatic carbocycles. The Hall–Kier alpha value is -2.14. The molecule has 1 saturated heterocycles. The second kappa shape index (κ2) is 5.99. The number of carbonyl (C=O) groups is 1. The van der Waals surface area contributed by atoms with E-state index in [4.69, 9.17) is 4.52 Å². The van der Waals surface area contributed by atoms with Gasteiger partial charge < -0.3 is 9.42 Å². The maximum atomic E-state index is 12.7. The molecule has 1 unspecified atom stereocenters. The van der Waals surface area contributed by atoms with E-state index in [1.807, 2.05) is 17.9 Å². The van der Waals surface area contributed by atoms with Crippen LogP contribution in [0.2, 0.25) is 0 Å². The Bertz CT molecular complexity index is 796. The smallest absolute Gasteiger partial charge is 0.228 e. The van der Waals surface area contributed by atoms with Crippen molar-refractivity contribution in [1.82, 2.24) is 15.0 Å². The average molecular weight is 339 g/mol. The first kappa shape index (κ1) is 16.3. The Morgan fingerprint density at radius 2 is 2.12 bits per heavy atom. The lowest BCUT2D eigenvalue weighted by Crippen LogP contribution is -2.56. The molecule has 0 N–H and O–H groups in total. The van der Waals surface area contributed by atoms with Crippen molar-refractivity contribution in [3.8, 4) is 0 Å². The van der Waals surface area contributed by atoms with Gasteiger partial charge in [0.05, 0.1) is 18.2 Å². The number of piperazine rings is 1. The van der Waals surface area contributed by atoms with Crippen LogP contribution in [0.1, 0.15) is 42.5 Å². The van der Waals surface area contributed by atoms with E-state index in [-0.39, 0.29) is 11.3 Å². The number of carbonyl (C=O) groups excluding carboxylic acids is 1. The molecule has 3 heterocycles. The normalized spacial score (nSPS) is 22.4. The van der Waals surface area contributed by atoms with Crippen LogP contribution in [0, 0.1) is 6.92 Å². The monoisotopic (exact) mass is 339 g/mol. The highest BCUT2D eigenvalue weighted by Crippen LogP contribution is 2.40. The van der Waals surface area contributed by atoms with Gasteiger partial charge >= 0.3 is 0 Å². The summed E-state index contributed by atoms with van der Waals surface area (Å²) >= 11 is 0. The Labute approximate surface area is 148 Å². The fourth-order valence-electron chi connectivity index (χ4n) is 4.30. The molecule has 2 aliphatic heterocycles. The topological polar surface area (TPSA) is 49.6 Å². The summed E-state index contributed by atoms with van der Waals surface area (Å²) in [4.78, 5) is 17.2. The van der Waals surface area contributed by atoms with E-state index in [1.165, 1.54) is 11.1 Å². The summed E-state index contributed by atoms with van der Waals surface area (Å²) in [5.41, 5.74) is 3.65. The molecule has 5 nitrogen and oxygen atoms in total. The van der Waals surface area contributed by atoms with E-state index in [0.29, 0.717) is 12.5 Å². The second-order valence-corrected chi connectivity index (χ2v) is 7.90. The molecule has 1 aromatic heterocycles. The minimum absolute atomic E-state index is 0.135. The number of hydrogen-bond donors (Lipinski definition) is 0. The van der Waals surface area contributed by atoms with E-state index in [1.54, 1.807) is 0 Å². The molecule has 0 bridgehead atoms. The molecule has 0 spiro atoms. The van der Waals surface area contributed by atoms with Gasteiger partial charge in [0.2, 0.25) is 5.91 Å². The summed E-state index contributed by atoms with van der Waals surface area (Å²) in [6, 6.07) is 10.8. The van der Waals surface area contributed by atoms with Crippen molar-refractivity contribution in [2.75, 3.05) is 26.2 Å². The maximum absolute atomic E-state index is 12.7. The van der Waals surface area contributed by atoms with Crippen LogP contribution in [0.3, 0.4) is 0 Å². The number of amides is 1. The summed E-state index contributed by atoms with van der Waals surface area (Å²) in [6.45, 7) is 9.97. The summed E-state index contributed by atoms with van der Waals surface area (Å²) < 4.78 is 5.08. The van der Waals surface area contributed by atoms with Crippen LogP contribution in [0.15, 0.2) is 34.9 Å². The van der Waals surface area contributed by atoms with Gasteiger partial charge in [-0.25, -0.2) is 0 Å². The highest BCUT2D eigenvalue weighted by molar-refractivity contribution is 5.78. The Kier molecular flexibility index (Phi) is 3.91. The first-order valence-electron chi connectivity index (χ1n) is 8.97. The molecular weight excluding hydrogens is 314 g/mol. The molecule has 1 amide bonds. The van der Waals surface area contributed by atoms with Crippen LogP contribution >= 0.6 is 0 Å². The summed E-state index contributed by atoms with van der Waals surface area (Å²) in [5.74, 6) is 0.881. The van der Waals surface area contributed by atoms with Crippen LogP contribution in [-0.4, -0.2) is 47.0 Å². The van der Waals surface area contributed by atoms with Gasteiger partial charge in [-0.3, -0.25) is 9.69 Å². The van der Waals surface area contributed by atoms with E-state index >= 15 is 0 Å². The lowest BCUT2D eigenvalue weighted by atomic mass is 9.75. The van der Waals surface area contributed by atoms with Gasteiger partial charge in [-0.15, -0.1) is 0 Å². The minimum atomic E-state index is 0.135. The van der Waals surface area contributed by atoms with Gasteiger partial charge in [0.25, 0.3) is 0 Å². The van der Waals surface area contributed by atoms with Gasteiger partial charge in [-0.1, -0.05) is 43.3 Å². The fraction of sp³-hybridized carbons (Fsp3) is 0.500. The third kappa shape index (κ3) is 2.97. The van der Waals surface area contributed by atoms with Crippen LogP contribution < -0.4 is 0 Å². The van der Waals surface area contributed by atoms with Gasteiger partial charge in [0, 0.05) is 37.7 Å². The van der Waals surface area contributed by atoms with Crippen molar-refractivity contribution < 1.29 is 9.32 Å². The molecule has 1 atom stereocenters. The van der Waals surface area contributed by atoms with Crippen molar-refractivity contribution in [2.45, 2.75) is 38.6 Å². The number of nitrogens with zero attached hydrogens (tertiary/aromatic N) is 3. The van der Waals surface area contributed by atoms with Crippen LogP contribution in [0.5, 0.6) is 0 Å². The third-order valence-corrected chi connectivity index (χ3v) is 5.50. The molecule has 2 aliphatic rings. The SMILES string of the molecule is Cc1cc(CC(=O)N2CCN3CC(C)(C)c4ccccc4C3C2)no1. The molecule has 1 aromatic carbocycles. The lowest BCUT2D eigenvalue weighted by molar-refractivity contribution is -0.134. The minimum Gasteiger partial charge on any atom is -0.361 e. The molecule has 0 saturated carbocycles. The molecular formula is C20H25N3O2. The number of rotatable bonds is 2. The largest absolute Gasteiger partial charge is 0.361 e. The van der Waals surface area contributed by atoms with E-state index < -0.39 is 0 Å². The lowest BCUT2D eigenvalue weighted by Gasteiger charge is -2.50. The van der Waals surface area contributed by atoms with Crippen molar-refractivity contribution in [1.29, 1.82) is 0 Å². The summed E-state index contributed by atoms with van der Waals surface area (Å²) in [7, 11) is 0. The average Bonchev–Trinajstić information content (AvgIpc) is 2.99. The molecule has 2 aromatic rings. The van der Waals surface area contributed by atoms with Gasteiger partial charge in [0.15, 0.2) is 0 Å². The van der Waals surface area contributed by atoms with Gasteiger partial charge in [-0.05, 0) is 18.1 Å². The first-order chi connectivity index (χ1) is 11.9. The van der Waals surface area contributed by atoms with Crippen LogP contribution in [-0.2, 0) is 16.6 Å². The van der Waals surface area contributed by atoms with Gasteiger partial charge in [-0.2, -0.15) is 0 Å². The van der Waals surface area contributed by atoms with Crippen LogP contribution in [0.25, 0.3) is 0 Å². The van der Waals surface area contributed by atoms with E-state index in [2.05, 4.69) is 48.2 Å². The Morgan fingerprint density at radius 3 is 2.88 bits per heavy atom. The van der Waals surface area contributed by atoms with Crippen molar-refractivity contribution in [3.63, 3.8) is 0 Å². The molecule has 0 radical (unpaired) electrons. The molecule has 4 rings (SSSR count). The van der Waals surface area contributed by atoms with Crippen molar-refractivity contribution in [3.05, 3.63) is 52.9 Å². The standard InChI is InChI=1S/C20H25N3O2/c1-14-10-15(21-25-14)11-19(24)22-8-9-23-13-20(2,3)17-7-5-4-6-16(17)18(23)12-22/h4-7,10,18H,8-9,11-13H2,1-3H3. The molecule has 25 heavy (non-hydrogen) atoms. The molecule has 1 fully saturated rings. The maximum Gasteiger partial charge on any atom is 0.228 e. The highest BCUT2D eigenvalue weighted by atomic mass is 16.5. The number of aromatic nitrogens is 1. The van der Waals surface area contributed by atoms with E-state index in [9.17, 15) is 4.79 Å². The first-order valence-corrected chi connectivity index (χ1v) is 8.97. The zero-order valence-corrected chi connectivity index (χ0v) is 15.2. The van der Waals surface area contributed by atoms with Gasteiger partial charge in [0.1, 0.15) is 5.76 Å². The number of benzene rings is 1. The summed E-state index contributed by atoms with van der Waals surface area (Å²) in [6.07, 6.45) is 0.317. The van der Waals surface area contributed by atoms with Crippen molar-refractivity contribution in [2.24, 2.45) is 0 Å². The van der Waals surface area contributed by atoms with Crippen molar-refractivity contribution >= 4 is 5.91 Å². The second-order valence-electron chi connectivity index (χ2n) is 7.90. The molecule has 5 heteroatoms. The third-order valence-electron chi connectivity index (χ3n) is 5.50. The quantitative estimate of drug-likeness (QED) is 0.844. The van der Waals surface area contributed by atoms with E-state index in [0.717, 1.165) is 37.6 Å². The zero-order valence-electron chi connectivity index (χ0n) is 15.2. The Balaban J connectivity index is 1.55. The number of aryl methyl sites for hydroxylation is 1. The molecule has 132 valence electrons. The highest BCUT2D eigenvalue weighted by Gasteiger charge is 2.40. The zero-order chi connectivity index (χ0) is 17.6. The number of fused-ring (bicyclic) bond motifs is 3. The van der Waals surface area contributed by atoms with Crippen LogP contribution in [0.4, 0.5) is 0 Å². The Morgan fingerprint density at radius 1 is 1.32 bits per heavy atom.